The molecular weight excluding hydrogens is 400 g/mol. The number of carbonyl (C=O) groups excluding carboxylic acids is 1. The highest BCUT2D eigenvalue weighted by Crippen LogP contribution is 2.27. The molecule has 30 heavy (non-hydrogen) atoms. The molecule has 3 aromatic rings. The van der Waals surface area contributed by atoms with Crippen LogP contribution < -0.4 is 20.5 Å². The van der Waals surface area contributed by atoms with Crippen molar-refractivity contribution in [2.75, 3.05) is 31.6 Å². The standard InChI is InChI=1S/C22H26N4O3S/c1-3-10-23-20(27)15-6-5-11-25(14-15)22-24-18-9-12-30-19(18)21(28)26(22)16-7-4-8-17(13-16)29-2/h4,7-9,12-13,15H,3,5-6,10-11,14H2,1-2H3,(H,23,27)/t15-/m1/s1. The minimum atomic E-state index is -0.112. The summed E-state index contributed by atoms with van der Waals surface area (Å²) in [6.45, 7) is 4.02. The third-order valence-corrected chi connectivity index (χ3v) is 6.29. The van der Waals surface area contributed by atoms with Gasteiger partial charge in [0.05, 0.1) is 24.2 Å². The van der Waals surface area contributed by atoms with Gasteiger partial charge in [0.1, 0.15) is 10.4 Å². The summed E-state index contributed by atoms with van der Waals surface area (Å²) in [6, 6.07) is 9.29. The maximum atomic E-state index is 13.4. The molecule has 7 nitrogen and oxygen atoms in total. The van der Waals surface area contributed by atoms with Crippen molar-refractivity contribution in [2.24, 2.45) is 5.92 Å². The lowest BCUT2D eigenvalue weighted by Crippen LogP contribution is -2.45. The zero-order chi connectivity index (χ0) is 21.1. The van der Waals surface area contributed by atoms with Gasteiger partial charge in [0.25, 0.3) is 5.56 Å². The van der Waals surface area contributed by atoms with Crippen molar-refractivity contribution in [1.29, 1.82) is 0 Å². The molecule has 1 saturated heterocycles. The molecule has 1 amide bonds. The number of hydrogen-bond donors (Lipinski definition) is 1. The molecule has 4 rings (SSSR count). The molecule has 1 aromatic carbocycles. The molecule has 0 aliphatic carbocycles. The number of piperidine rings is 1. The summed E-state index contributed by atoms with van der Waals surface area (Å²) in [7, 11) is 1.60. The number of carbonyl (C=O) groups is 1. The zero-order valence-corrected chi connectivity index (χ0v) is 18.1. The first-order valence-electron chi connectivity index (χ1n) is 10.3. The van der Waals surface area contributed by atoms with Gasteiger partial charge in [-0.1, -0.05) is 13.0 Å². The van der Waals surface area contributed by atoms with Gasteiger partial charge in [0, 0.05) is 25.7 Å². The van der Waals surface area contributed by atoms with Gasteiger partial charge in [-0.2, -0.15) is 0 Å². The SMILES string of the molecule is CCCNC(=O)[C@@H]1CCCN(c2nc3ccsc3c(=O)n2-c2cccc(OC)c2)C1. The minimum Gasteiger partial charge on any atom is -0.497 e. The second kappa shape index (κ2) is 8.87. The van der Waals surface area contributed by atoms with Gasteiger partial charge in [-0.3, -0.25) is 9.59 Å². The van der Waals surface area contributed by atoms with Crippen molar-refractivity contribution < 1.29 is 9.53 Å². The lowest BCUT2D eigenvalue weighted by molar-refractivity contribution is -0.125. The van der Waals surface area contributed by atoms with Crippen LogP contribution in [0, 0.1) is 5.92 Å². The number of thiophene rings is 1. The van der Waals surface area contributed by atoms with E-state index in [1.807, 2.05) is 42.6 Å². The number of benzene rings is 1. The van der Waals surface area contributed by atoms with Crippen LogP contribution in [0.5, 0.6) is 5.75 Å². The summed E-state index contributed by atoms with van der Waals surface area (Å²) in [5.41, 5.74) is 1.29. The normalized spacial score (nSPS) is 16.6. The molecule has 2 aromatic heterocycles. The summed E-state index contributed by atoms with van der Waals surface area (Å²) in [6.07, 6.45) is 2.63. The average molecular weight is 427 g/mol. The van der Waals surface area contributed by atoms with Crippen LogP contribution in [0.4, 0.5) is 5.95 Å². The first kappa shape index (κ1) is 20.4. The van der Waals surface area contributed by atoms with Gasteiger partial charge in [-0.25, -0.2) is 9.55 Å². The molecule has 1 atom stereocenters. The third kappa shape index (κ3) is 3.92. The van der Waals surface area contributed by atoms with E-state index in [-0.39, 0.29) is 17.4 Å². The molecule has 0 radical (unpaired) electrons. The molecule has 0 bridgehead atoms. The molecular formula is C22H26N4O3S. The number of methoxy groups -OCH3 is 1. The summed E-state index contributed by atoms with van der Waals surface area (Å²) in [5, 5.41) is 4.89. The van der Waals surface area contributed by atoms with Crippen LogP contribution in [0.25, 0.3) is 15.9 Å². The summed E-state index contributed by atoms with van der Waals surface area (Å²) in [4.78, 5) is 32.9. The first-order valence-corrected chi connectivity index (χ1v) is 11.2. The monoisotopic (exact) mass is 426 g/mol. The highest BCUT2D eigenvalue weighted by Gasteiger charge is 2.29. The van der Waals surface area contributed by atoms with Crippen molar-refractivity contribution in [3.05, 3.63) is 46.1 Å². The van der Waals surface area contributed by atoms with Gasteiger partial charge in [-0.05, 0) is 42.8 Å². The van der Waals surface area contributed by atoms with Crippen LogP contribution in [-0.4, -0.2) is 42.2 Å². The van der Waals surface area contributed by atoms with E-state index in [1.54, 1.807) is 11.7 Å². The van der Waals surface area contributed by atoms with E-state index in [1.165, 1.54) is 11.3 Å². The Morgan fingerprint density at radius 3 is 3.03 bits per heavy atom. The Kier molecular flexibility index (Phi) is 6.03. The first-order chi connectivity index (χ1) is 14.6. The molecule has 158 valence electrons. The molecule has 0 unspecified atom stereocenters. The Hall–Kier alpha value is -2.87. The molecule has 0 spiro atoms. The predicted molar refractivity (Wildman–Crippen MR) is 120 cm³/mol. The Bertz CT molecular complexity index is 1110. The van der Waals surface area contributed by atoms with Crippen molar-refractivity contribution in [3.8, 4) is 11.4 Å². The zero-order valence-electron chi connectivity index (χ0n) is 17.3. The molecule has 8 heteroatoms. The lowest BCUT2D eigenvalue weighted by Gasteiger charge is -2.34. The maximum Gasteiger partial charge on any atom is 0.277 e. The number of rotatable bonds is 6. The quantitative estimate of drug-likeness (QED) is 0.655. The fourth-order valence-corrected chi connectivity index (χ4v) is 4.62. The second-order valence-corrected chi connectivity index (χ2v) is 8.38. The Labute approximate surface area is 179 Å². The van der Waals surface area contributed by atoms with Gasteiger partial charge in [-0.15, -0.1) is 11.3 Å². The molecule has 1 N–H and O–H groups in total. The van der Waals surface area contributed by atoms with Crippen molar-refractivity contribution in [3.63, 3.8) is 0 Å². The Morgan fingerprint density at radius 1 is 1.37 bits per heavy atom. The van der Waals surface area contributed by atoms with E-state index < -0.39 is 0 Å². The van der Waals surface area contributed by atoms with Crippen molar-refractivity contribution in [1.82, 2.24) is 14.9 Å². The predicted octanol–water partition coefficient (Wildman–Crippen LogP) is 3.20. The van der Waals surface area contributed by atoms with E-state index in [4.69, 9.17) is 9.72 Å². The number of nitrogens with zero attached hydrogens (tertiary/aromatic N) is 3. The molecule has 1 fully saturated rings. The number of ether oxygens (including phenoxy) is 1. The molecule has 1 aliphatic heterocycles. The molecule has 0 saturated carbocycles. The number of anilines is 1. The fourth-order valence-electron chi connectivity index (χ4n) is 3.86. The van der Waals surface area contributed by atoms with E-state index >= 15 is 0 Å². The highest BCUT2D eigenvalue weighted by atomic mass is 32.1. The summed E-state index contributed by atoms with van der Waals surface area (Å²) < 4.78 is 7.63. The number of fused-ring (bicyclic) bond motifs is 1. The van der Waals surface area contributed by atoms with Gasteiger partial charge < -0.3 is 15.0 Å². The van der Waals surface area contributed by atoms with Crippen molar-refractivity contribution in [2.45, 2.75) is 26.2 Å². The largest absolute Gasteiger partial charge is 0.497 e. The smallest absolute Gasteiger partial charge is 0.277 e. The van der Waals surface area contributed by atoms with Crippen LogP contribution in [0.2, 0.25) is 0 Å². The number of aromatic nitrogens is 2. The average Bonchev–Trinajstić information content (AvgIpc) is 3.26. The van der Waals surface area contributed by atoms with Crippen LogP contribution in [0.15, 0.2) is 40.5 Å². The number of amides is 1. The van der Waals surface area contributed by atoms with E-state index in [9.17, 15) is 9.59 Å². The molecule has 3 heterocycles. The maximum absolute atomic E-state index is 13.4. The van der Waals surface area contributed by atoms with Gasteiger partial charge in [0.15, 0.2) is 0 Å². The van der Waals surface area contributed by atoms with Crippen LogP contribution >= 0.6 is 11.3 Å². The third-order valence-electron chi connectivity index (χ3n) is 5.40. The number of hydrogen-bond acceptors (Lipinski definition) is 6. The van der Waals surface area contributed by atoms with E-state index in [2.05, 4.69) is 10.2 Å². The van der Waals surface area contributed by atoms with E-state index in [0.717, 1.165) is 25.8 Å². The summed E-state index contributed by atoms with van der Waals surface area (Å²) >= 11 is 1.39. The highest BCUT2D eigenvalue weighted by molar-refractivity contribution is 7.17. The van der Waals surface area contributed by atoms with Gasteiger partial charge in [0.2, 0.25) is 11.9 Å². The van der Waals surface area contributed by atoms with Crippen LogP contribution in [0.1, 0.15) is 26.2 Å². The molecule has 1 aliphatic rings. The topological polar surface area (TPSA) is 76.5 Å². The van der Waals surface area contributed by atoms with Crippen molar-refractivity contribution >= 4 is 33.4 Å². The van der Waals surface area contributed by atoms with Gasteiger partial charge >= 0.3 is 0 Å². The second-order valence-electron chi connectivity index (χ2n) is 7.47. The Morgan fingerprint density at radius 2 is 2.23 bits per heavy atom. The fraction of sp³-hybridized carbons (Fsp3) is 0.409. The summed E-state index contributed by atoms with van der Waals surface area (Å²) in [5.74, 6) is 1.21. The Balaban J connectivity index is 1.78. The van der Waals surface area contributed by atoms with Crippen LogP contribution in [-0.2, 0) is 4.79 Å². The lowest BCUT2D eigenvalue weighted by atomic mass is 9.97. The minimum absolute atomic E-state index is 0.0773. The van der Waals surface area contributed by atoms with Crippen LogP contribution in [0.3, 0.4) is 0 Å². The van der Waals surface area contributed by atoms with E-state index in [0.29, 0.717) is 40.7 Å². The number of nitrogens with one attached hydrogen (secondary N) is 1.